The molecule has 0 aliphatic heterocycles. The van der Waals surface area contributed by atoms with E-state index in [-0.39, 0.29) is 12.3 Å². The molecule has 0 saturated heterocycles. The van der Waals surface area contributed by atoms with Crippen molar-refractivity contribution in [1.82, 2.24) is 0 Å². The zero-order chi connectivity index (χ0) is 18.9. The van der Waals surface area contributed by atoms with Crippen LogP contribution in [-0.4, -0.2) is 35.3 Å². The molecule has 0 aliphatic rings. The van der Waals surface area contributed by atoms with Crippen molar-refractivity contribution in [1.29, 1.82) is 0 Å². The topological polar surface area (TPSA) is 128 Å². The highest BCUT2D eigenvalue weighted by Crippen LogP contribution is 2.16. The first-order valence-electron chi connectivity index (χ1n) is 7.56. The van der Waals surface area contributed by atoms with Gasteiger partial charge in [0.25, 0.3) is 5.69 Å². The van der Waals surface area contributed by atoms with Gasteiger partial charge in [0.05, 0.1) is 11.5 Å². The Bertz CT molecular complexity index is 790. The number of anilines is 1. The summed E-state index contributed by atoms with van der Waals surface area (Å²) in [5, 5.41) is 21.6. The first kappa shape index (κ1) is 18.7. The quantitative estimate of drug-likeness (QED) is 0.547. The number of hydrogen-bond acceptors (Lipinski definition) is 6. The minimum atomic E-state index is -1.07. The Labute approximate surface area is 148 Å². The number of nitro benzene ring substituents is 1. The zero-order valence-corrected chi connectivity index (χ0v) is 13.6. The molecule has 2 rings (SSSR count). The molecule has 0 bridgehead atoms. The summed E-state index contributed by atoms with van der Waals surface area (Å²) in [6.45, 7) is -0.335. The second-order valence-corrected chi connectivity index (χ2v) is 5.14. The van der Waals surface area contributed by atoms with Crippen molar-refractivity contribution < 1.29 is 29.1 Å². The number of nitrogens with zero attached hydrogens (tertiary/aromatic N) is 1. The Morgan fingerprint density at radius 2 is 1.88 bits per heavy atom. The molecule has 2 aromatic carbocycles. The molecule has 2 aromatic rings. The van der Waals surface area contributed by atoms with Gasteiger partial charge in [-0.2, -0.15) is 0 Å². The van der Waals surface area contributed by atoms with Crippen molar-refractivity contribution in [3.63, 3.8) is 0 Å². The number of carbonyl (C=O) groups is 2. The van der Waals surface area contributed by atoms with E-state index in [1.807, 2.05) is 0 Å². The highest BCUT2D eigenvalue weighted by atomic mass is 16.6. The van der Waals surface area contributed by atoms with Gasteiger partial charge in [-0.25, -0.2) is 9.59 Å². The predicted octanol–water partition coefficient (Wildman–Crippen LogP) is 2.85. The number of rotatable bonds is 8. The molecular formula is C17H16N2O7. The second kappa shape index (κ2) is 9.02. The van der Waals surface area contributed by atoms with E-state index in [4.69, 9.17) is 14.6 Å². The zero-order valence-electron chi connectivity index (χ0n) is 13.6. The van der Waals surface area contributed by atoms with E-state index in [9.17, 15) is 19.7 Å². The van der Waals surface area contributed by atoms with Crippen LogP contribution in [0.25, 0.3) is 0 Å². The molecule has 0 radical (unpaired) electrons. The van der Waals surface area contributed by atoms with Crippen molar-refractivity contribution in [3.05, 3.63) is 64.2 Å². The highest BCUT2D eigenvalue weighted by Gasteiger charge is 2.07. The molecule has 0 heterocycles. The van der Waals surface area contributed by atoms with Crippen LogP contribution in [0.3, 0.4) is 0 Å². The number of amides is 1. The number of aliphatic carboxylic acids is 1. The summed E-state index contributed by atoms with van der Waals surface area (Å²) in [4.78, 5) is 32.2. The Kier molecular flexibility index (Phi) is 6.49. The van der Waals surface area contributed by atoms with Gasteiger partial charge in [0.15, 0.2) is 6.61 Å². The molecule has 0 fully saturated rings. The SMILES string of the molecule is O=C(O)COc1cccc(CCOC(=O)Nc2ccc([N+](=O)[O-])cc2)c1. The van der Waals surface area contributed by atoms with Crippen LogP contribution in [0.15, 0.2) is 48.5 Å². The fourth-order valence-corrected chi connectivity index (χ4v) is 2.02. The minimum absolute atomic E-state index is 0.0751. The van der Waals surface area contributed by atoms with Crippen LogP contribution in [0.2, 0.25) is 0 Å². The molecule has 1 amide bonds. The highest BCUT2D eigenvalue weighted by molar-refractivity contribution is 5.84. The normalized spacial score (nSPS) is 10.0. The number of benzene rings is 2. The molecule has 2 N–H and O–H groups in total. The van der Waals surface area contributed by atoms with E-state index in [1.54, 1.807) is 24.3 Å². The smallest absolute Gasteiger partial charge is 0.411 e. The molecular weight excluding hydrogens is 344 g/mol. The summed E-state index contributed by atoms with van der Waals surface area (Å²) in [6.07, 6.45) is -0.269. The first-order chi connectivity index (χ1) is 12.4. The van der Waals surface area contributed by atoms with E-state index in [0.717, 1.165) is 5.56 Å². The van der Waals surface area contributed by atoms with Crippen molar-refractivity contribution in [2.24, 2.45) is 0 Å². The number of carbonyl (C=O) groups excluding carboxylic acids is 1. The molecule has 0 atom stereocenters. The molecule has 0 aromatic heterocycles. The summed E-state index contributed by atoms with van der Waals surface area (Å²) in [6, 6.07) is 12.2. The van der Waals surface area contributed by atoms with Gasteiger partial charge in [-0.3, -0.25) is 15.4 Å². The summed E-state index contributed by atoms with van der Waals surface area (Å²) in [5.41, 5.74) is 1.12. The maximum absolute atomic E-state index is 11.7. The van der Waals surface area contributed by atoms with Crippen molar-refractivity contribution in [3.8, 4) is 5.75 Å². The molecule has 136 valence electrons. The average Bonchev–Trinajstić information content (AvgIpc) is 2.61. The lowest BCUT2D eigenvalue weighted by atomic mass is 10.1. The number of carboxylic acid groups (broad SMARTS) is 1. The average molecular weight is 360 g/mol. The maximum atomic E-state index is 11.7. The molecule has 0 spiro atoms. The summed E-state index contributed by atoms with van der Waals surface area (Å²) in [5.74, 6) is -0.651. The predicted molar refractivity (Wildman–Crippen MR) is 91.3 cm³/mol. The van der Waals surface area contributed by atoms with Gasteiger partial charge < -0.3 is 14.6 Å². The third-order valence-corrected chi connectivity index (χ3v) is 3.21. The van der Waals surface area contributed by atoms with Crippen LogP contribution >= 0.6 is 0 Å². The summed E-state index contributed by atoms with van der Waals surface area (Å²) in [7, 11) is 0. The second-order valence-electron chi connectivity index (χ2n) is 5.14. The molecule has 0 saturated carbocycles. The third-order valence-electron chi connectivity index (χ3n) is 3.21. The van der Waals surface area contributed by atoms with Gasteiger partial charge in [0, 0.05) is 24.2 Å². The fraction of sp³-hybridized carbons (Fsp3) is 0.176. The van der Waals surface area contributed by atoms with Crippen molar-refractivity contribution in [2.45, 2.75) is 6.42 Å². The van der Waals surface area contributed by atoms with Gasteiger partial charge in [-0.15, -0.1) is 0 Å². The monoisotopic (exact) mass is 360 g/mol. The van der Waals surface area contributed by atoms with Crippen LogP contribution in [0.5, 0.6) is 5.75 Å². The minimum Gasteiger partial charge on any atom is -0.482 e. The molecule has 0 unspecified atom stereocenters. The Morgan fingerprint density at radius 1 is 1.15 bits per heavy atom. The first-order valence-corrected chi connectivity index (χ1v) is 7.56. The van der Waals surface area contributed by atoms with Gasteiger partial charge in [-0.1, -0.05) is 12.1 Å². The van der Waals surface area contributed by atoms with E-state index in [1.165, 1.54) is 24.3 Å². The fourth-order valence-electron chi connectivity index (χ4n) is 2.02. The lowest BCUT2D eigenvalue weighted by Gasteiger charge is -2.08. The maximum Gasteiger partial charge on any atom is 0.411 e. The number of non-ortho nitro benzene ring substituents is 1. The van der Waals surface area contributed by atoms with Gasteiger partial charge in [0.1, 0.15) is 5.75 Å². The van der Waals surface area contributed by atoms with E-state index >= 15 is 0 Å². The Hall–Kier alpha value is -3.62. The lowest BCUT2D eigenvalue weighted by Crippen LogP contribution is -2.15. The van der Waals surface area contributed by atoms with Gasteiger partial charge >= 0.3 is 12.1 Å². The Morgan fingerprint density at radius 3 is 2.54 bits per heavy atom. The Balaban J connectivity index is 1.78. The van der Waals surface area contributed by atoms with Crippen LogP contribution in [0.1, 0.15) is 5.56 Å². The van der Waals surface area contributed by atoms with E-state index in [0.29, 0.717) is 17.9 Å². The number of carboxylic acids is 1. The van der Waals surface area contributed by atoms with E-state index in [2.05, 4.69) is 5.32 Å². The van der Waals surface area contributed by atoms with Crippen LogP contribution in [-0.2, 0) is 16.0 Å². The van der Waals surface area contributed by atoms with Crippen molar-refractivity contribution in [2.75, 3.05) is 18.5 Å². The van der Waals surface area contributed by atoms with Gasteiger partial charge in [0.2, 0.25) is 0 Å². The van der Waals surface area contributed by atoms with Crippen LogP contribution < -0.4 is 10.1 Å². The largest absolute Gasteiger partial charge is 0.482 e. The van der Waals surface area contributed by atoms with Crippen molar-refractivity contribution >= 4 is 23.4 Å². The lowest BCUT2D eigenvalue weighted by molar-refractivity contribution is -0.384. The number of hydrogen-bond donors (Lipinski definition) is 2. The number of nitrogens with one attached hydrogen (secondary N) is 1. The molecule has 0 aliphatic carbocycles. The number of ether oxygens (including phenoxy) is 2. The third kappa shape index (κ3) is 6.11. The van der Waals surface area contributed by atoms with Gasteiger partial charge in [-0.05, 0) is 29.8 Å². The molecule has 9 nitrogen and oxygen atoms in total. The van der Waals surface area contributed by atoms with E-state index < -0.39 is 23.6 Å². The van der Waals surface area contributed by atoms with Crippen LogP contribution in [0, 0.1) is 10.1 Å². The summed E-state index contributed by atoms with van der Waals surface area (Å²) >= 11 is 0. The van der Waals surface area contributed by atoms with Crippen LogP contribution in [0.4, 0.5) is 16.2 Å². The summed E-state index contributed by atoms with van der Waals surface area (Å²) < 4.78 is 10.1. The number of nitro groups is 1. The molecule has 26 heavy (non-hydrogen) atoms. The standard InChI is InChI=1S/C17H16N2O7/c20-16(21)11-26-15-3-1-2-12(10-15)8-9-25-17(22)18-13-4-6-14(7-5-13)19(23)24/h1-7,10H,8-9,11H2,(H,18,22)(H,20,21). The molecule has 9 heteroatoms.